The number of amides is 1. The molecule has 34 heavy (non-hydrogen) atoms. The van der Waals surface area contributed by atoms with Crippen molar-refractivity contribution in [2.24, 2.45) is 0 Å². The second-order valence-electron chi connectivity index (χ2n) is 8.10. The Morgan fingerprint density at radius 3 is 2.53 bits per heavy atom. The van der Waals surface area contributed by atoms with E-state index in [1.54, 1.807) is 33.7 Å². The van der Waals surface area contributed by atoms with E-state index >= 15 is 0 Å². The van der Waals surface area contributed by atoms with Crippen molar-refractivity contribution in [3.8, 4) is 5.69 Å². The fourth-order valence-electron chi connectivity index (χ4n) is 4.13. The molecule has 0 N–H and O–H groups in total. The number of rotatable bonds is 7. The average molecular weight is 482 g/mol. The van der Waals surface area contributed by atoms with Gasteiger partial charge in [-0.2, -0.15) is 0 Å². The molecule has 0 bridgehead atoms. The van der Waals surface area contributed by atoms with Crippen LogP contribution >= 0.6 is 11.8 Å². The summed E-state index contributed by atoms with van der Waals surface area (Å²) in [4.78, 5) is 28.6. The second kappa shape index (κ2) is 9.94. The topological polar surface area (TPSA) is 80.6 Å². The average Bonchev–Trinajstić information content (AvgIpc) is 3.49. The van der Waals surface area contributed by atoms with Crippen molar-refractivity contribution in [2.45, 2.75) is 18.0 Å². The van der Waals surface area contributed by atoms with Crippen LogP contribution in [0.1, 0.15) is 23.2 Å². The fraction of sp³-hybridized carbons (Fsp3) is 0.333. The molecule has 0 aliphatic carbocycles. The monoisotopic (exact) mass is 481 g/mol. The number of carbonyl (C=O) groups excluding carboxylic acids is 2. The summed E-state index contributed by atoms with van der Waals surface area (Å²) in [6.07, 6.45) is 1.42. The van der Waals surface area contributed by atoms with Crippen LogP contribution in [0.5, 0.6) is 0 Å². The second-order valence-corrected chi connectivity index (χ2v) is 9.05. The number of benzene rings is 2. The Morgan fingerprint density at radius 2 is 1.82 bits per heavy atom. The van der Waals surface area contributed by atoms with Gasteiger partial charge in [0.05, 0.1) is 24.7 Å². The van der Waals surface area contributed by atoms with Gasteiger partial charge < -0.3 is 14.5 Å². The molecule has 0 spiro atoms. The lowest BCUT2D eigenvalue weighted by Crippen LogP contribution is -2.37. The van der Waals surface area contributed by atoms with Crippen molar-refractivity contribution in [1.82, 2.24) is 14.8 Å². The molecule has 2 fully saturated rings. The molecule has 1 amide bonds. The van der Waals surface area contributed by atoms with Crippen LogP contribution in [-0.2, 0) is 9.53 Å². The molecular weight excluding hydrogens is 457 g/mol. The molecule has 176 valence electrons. The number of aromatic nitrogens is 3. The van der Waals surface area contributed by atoms with Crippen molar-refractivity contribution in [2.75, 3.05) is 48.4 Å². The van der Waals surface area contributed by atoms with Crippen LogP contribution in [0, 0.1) is 5.82 Å². The lowest BCUT2D eigenvalue weighted by Gasteiger charge is -2.27. The lowest BCUT2D eigenvalue weighted by atomic mass is 10.1. The van der Waals surface area contributed by atoms with Crippen LogP contribution < -0.4 is 9.80 Å². The highest BCUT2D eigenvalue weighted by atomic mass is 32.2. The molecule has 5 rings (SSSR count). The van der Waals surface area contributed by atoms with E-state index in [1.165, 1.54) is 23.9 Å². The number of morpholine rings is 1. The molecule has 1 aromatic heterocycles. The Bertz CT molecular complexity index is 1190. The van der Waals surface area contributed by atoms with Crippen molar-refractivity contribution in [1.29, 1.82) is 0 Å². The number of thioether (sulfide) groups is 1. The Labute approximate surface area is 200 Å². The highest BCUT2D eigenvalue weighted by Gasteiger charge is 2.24. The van der Waals surface area contributed by atoms with Gasteiger partial charge in [0.25, 0.3) is 0 Å². The number of hydrogen-bond acceptors (Lipinski definition) is 7. The molecule has 2 aliphatic heterocycles. The van der Waals surface area contributed by atoms with E-state index in [-0.39, 0.29) is 23.3 Å². The number of ether oxygens (including phenoxy) is 1. The number of anilines is 2. The van der Waals surface area contributed by atoms with Crippen molar-refractivity contribution in [3.63, 3.8) is 0 Å². The van der Waals surface area contributed by atoms with E-state index in [9.17, 15) is 14.0 Å². The number of nitrogens with zero attached hydrogens (tertiary/aromatic N) is 5. The molecule has 8 nitrogen and oxygen atoms in total. The Morgan fingerprint density at radius 1 is 1.03 bits per heavy atom. The number of carbonyl (C=O) groups is 2. The van der Waals surface area contributed by atoms with Crippen LogP contribution in [0.4, 0.5) is 16.0 Å². The predicted octanol–water partition coefficient (Wildman–Crippen LogP) is 3.34. The standard InChI is InChI=1S/C24H24FN5O3S/c25-18-3-1-4-20(15-18)30-23(28-11-13-33-14-12-28)26-27-24(30)34-16-21(31)17-6-8-19(9-7-17)29-10-2-5-22(29)32/h1,3-4,6-9,15H,2,5,10-14,16H2. The van der Waals surface area contributed by atoms with Gasteiger partial charge in [0, 0.05) is 37.3 Å². The highest BCUT2D eigenvalue weighted by Crippen LogP contribution is 2.28. The summed E-state index contributed by atoms with van der Waals surface area (Å²) in [6.45, 7) is 3.18. The van der Waals surface area contributed by atoms with Crippen LogP contribution in [-0.4, -0.2) is 65.1 Å². The van der Waals surface area contributed by atoms with E-state index in [4.69, 9.17) is 4.74 Å². The summed E-state index contributed by atoms with van der Waals surface area (Å²) >= 11 is 1.26. The SMILES string of the molecule is O=C(CSc1nnc(N2CCOCC2)n1-c1cccc(F)c1)c1ccc(N2CCCC2=O)cc1. The Balaban J connectivity index is 1.34. The Hall–Kier alpha value is -3.24. The van der Waals surface area contributed by atoms with Gasteiger partial charge in [-0.05, 0) is 48.9 Å². The van der Waals surface area contributed by atoms with Crippen LogP contribution in [0.25, 0.3) is 5.69 Å². The van der Waals surface area contributed by atoms with E-state index in [0.717, 1.165) is 12.1 Å². The molecule has 10 heteroatoms. The van der Waals surface area contributed by atoms with Gasteiger partial charge >= 0.3 is 0 Å². The quantitative estimate of drug-likeness (QED) is 0.378. The number of hydrogen-bond donors (Lipinski definition) is 0. The fourth-order valence-corrected chi connectivity index (χ4v) is 4.97. The zero-order valence-corrected chi connectivity index (χ0v) is 19.3. The molecule has 2 aliphatic rings. The predicted molar refractivity (Wildman–Crippen MR) is 127 cm³/mol. The van der Waals surface area contributed by atoms with Gasteiger partial charge in [-0.15, -0.1) is 10.2 Å². The molecule has 0 saturated carbocycles. The normalized spacial score (nSPS) is 16.3. The molecule has 0 atom stereocenters. The maximum absolute atomic E-state index is 14.0. The first-order valence-electron chi connectivity index (χ1n) is 11.2. The van der Waals surface area contributed by atoms with Gasteiger partial charge in [0.1, 0.15) is 5.82 Å². The summed E-state index contributed by atoms with van der Waals surface area (Å²) in [5, 5.41) is 9.18. The van der Waals surface area contributed by atoms with E-state index in [2.05, 4.69) is 10.2 Å². The maximum atomic E-state index is 14.0. The molecule has 0 unspecified atom stereocenters. The number of halogens is 1. The molecule has 3 heterocycles. The molecular formula is C24H24FN5O3S. The maximum Gasteiger partial charge on any atom is 0.232 e. The number of Topliss-reactive ketones (excluding diaryl/α,β-unsaturated/α-hetero) is 1. The van der Waals surface area contributed by atoms with Gasteiger partial charge in [0.15, 0.2) is 10.9 Å². The van der Waals surface area contributed by atoms with Gasteiger partial charge in [0.2, 0.25) is 11.9 Å². The zero-order valence-electron chi connectivity index (χ0n) is 18.5. The highest BCUT2D eigenvalue weighted by molar-refractivity contribution is 7.99. The Kier molecular flexibility index (Phi) is 6.59. The molecule has 2 saturated heterocycles. The van der Waals surface area contributed by atoms with Crippen LogP contribution in [0.15, 0.2) is 53.7 Å². The smallest absolute Gasteiger partial charge is 0.232 e. The first-order chi connectivity index (χ1) is 16.6. The summed E-state index contributed by atoms with van der Waals surface area (Å²) < 4.78 is 21.2. The molecule has 2 aromatic carbocycles. The van der Waals surface area contributed by atoms with Crippen LogP contribution in [0.2, 0.25) is 0 Å². The summed E-state index contributed by atoms with van der Waals surface area (Å²) in [7, 11) is 0. The third-order valence-electron chi connectivity index (χ3n) is 5.88. The zero-order chi connectivity index (χ0) is 23.5. The van der Waals surface area contributed by atoms with Gasteiger partial charge in [-0.3, -0.25) is 14.2 Å². The summed E-state index contributed by atoms with van der Waals surface area (Å²) in [5.74, 6) is 0.443. The minimum absolute atomic E-state index is 0.0639. The first kappa shape index (κ1) is 22.5. The largest absolute Gasteiger partial charge is 0.378 e. The minimum Gasteiger partial charge on any atom is -0.378 e. The number of ketones is 1. The van der Waals surface area contributed by atoms with E-state index < -0.39 is 0 Å². The minimum atomic E-state index is -0.359. The van der Waals surface area contributed by atoms with Crippen molar-refractivity contribution < 1.29 is 18.7 Å². The van der Waals surface area contributed by atoms with Crippen LogP contribution in [0.3, 0.4) is 0 Å². The van der Waals surface area contributed by atoms with Gasteiger partial charge in [-0.1, -0.05) is 17.8 Å². The first-order valence-corrected chi connectivity index (χ1v) is 12.2. The molecule has 3 aromatic rings. The lowest BCUT2D eigenvalue weighted by molar-refractivity contribution is -0.117. The summed E-state index contributed by atoms with van der Waals surface area (Å²) in [6, 6.07) is 13.4. The van der Waals surface area contributed by atoms with Crippen molar-refractivity contribution >= 4 is 35.1 Å². The van der Waals surface area contributed by atoms with Gasteiger partial charge in [-0.25, -0.2) is 4.39 Å². The molecule has 0 radical (unpaired) electrons. The summed E-state index contributed by atoms with van der Waals surface area (Å²) in [5.41, 5.74) is 1.97. The third-order valence-corrected chi connectivity index (χ3v) is 6.81. The van der Waals surface area contributed by atoms with Crippen molar-refractivity contribution in [3.05, 3.63) is 59.9 Å². The van der Waals surface area contributed by atoms with E-state index in [0.29, 0.717) is 61.6 Å². The third kappa shape index (κ3) is 4.69. The van der Waals surface area contributed by atoms with E-state index in [1.807, 2.05) is 17.0 Å².